The number of aliphatic hydroxyl groups is 7. The smallest absolute Gasteiger partial charge is 0.331 e. The minimum Gasteiger partial charge on any atom is -0.458 e. The van der Waals surface area contributed by atoms with Crippen molar-refractivity contribution in [2.24, 2.45) is 28.6 Å². The molecule has 30 unspecified atom stereocenters. The molecule has 0 aromatic heterocycles. The molecule has 10 rings (SSSR count). The number of aliphatic hydroxyl groups excluding tert-OH is 5. The molecule has 5 heterocycles. The fourth-order valence-electron chi connectivity index (χ4n) is 17.0. The lowest BCUT2D eigenvalue weighted by Gasteiger charge is -2.68. The van der Waals surface area contributed by atoms with Crippen molar-refractivity contribution in [2.75, 3.05) is 27.9 Å². The third-order valence-corrected chi connectivity index (χ3v) is 21.8. The van der Waals surface area contributed by atoms with E-state index in [9.17, 15) is 45.3 Å². The van der Waals surface area contributed by atoms with Crippen molar-refractivity contribution in [2.45, 2.75) is 278 Å². The molecule has 0 spiro atoms. The van der Waals surface area contributed by atoms with E-state index in [0.717, 1.165) is 5.56 Å². The summed E-state index contributed by atoms with van der Waals surface area (Å²) in [4.78, 5) is 26.9. The Kier molecular flexibility index (Phi) is 20.7. The van der Waals surface area contributed by atoms with Crippen LogP contribution in [0.3, 0.4) is 0 Å². The molecule has 4 saturated carbocycles. The minimum absolute atomic E-state index is 0.0883. The predicted molar refractivity (Wildman–Crippen MR) is 302 cm³/mol. The second-order valence-electron chi connectivity index (χ2n) is 26.5. The van der Waals surface area contributed by atoms with Gasteiger partial charge in [-0.05, 0) is 115 Å². The van der Waals surface area contributed by atoms with Crippen LogP contribution in [0.4, 0.5) is 0 Å². The molecular weight excluding hydrogens is 1120 g/mol. The van der Waals surface area contributed by atoms with Gasteiger partial charge in [0.1, 0.15) is 66.3 Å². The molecule has 9 aliphatic rings. The highest BCUT2D eigenvalue weighted by Gasteiger charge is 2.78. The van der Waals surface area contributed by atoms with E-state index in [-0.39, 0.29) is 43.5 Å². The van der Waals surface area contributed by atoms with E-state index in [0.29, 0.717) is 51.4 Å². The van der Waals surface area contributed by atoms with E-state index in [1.54, 1.807) is 27.2 Å². The van der Waals surface area contributed by atoms with E-state index < -0.39 is 182 Å². The summed E-state index contributed by atoms with van der Waals surface area (Å²) in [7, 11) is 4.69. The van der Waals surface area contributed by atoms with Crippen LogP contribution in [0.5, 0.6) is 0 Å². The molecule has 1 aromatic carbocycles. The Labute approximate surface area is 504 Å². The quantitative estimate of drug-likeness (QED) is 0.0630. The first-order chi connectivity index (χ1) is 40.9. The van der Waals surface area contributed by atoms with Crippen LogP contribution in [-0.4, -0.2) is 228 Å². The number of ketones is 1. The van der Waals surface area contributed by atoms with Crippen LogP contribution >= 0.6 is 0 Å². The van der Waals surface area contributed by atoms with Gasteiger partial charge < -0.3 is 102 Å². The van der Waals surface area contributed by atoms with Crippen LogP contribution in [0, 0.1) is 28.6 Å². The highest BCUT2D eigenvalue weighted by atomic mass is 16.8. The molecule has 0 amide bonds. The van der Waals surface area contributed by atoms with Gasteiger partial charge in [-0.3, -0.25) is 4.79 Å². The number of ether oxygens (including phenoxy) is 14. The minimum atomic E-state index is -1.66. The normalized spacial score (nSPS) is 49.8. The van der Waals surface area contributed by atoms with Gasteiger partial charge in [0.05, 0.1) is 67.1 Å². The summed E-state index contributed by atoms with van der Waals surface area (Å²) in [5, 5.41) is 78.6. The zero-order chi connectivity index (χ0) is 61.8. The van der Waals surface area contributed by atoms with E-state index >= 15 is 0 Å². The van der Waals surface area contributed by atoms with Crippen LogP contribution < -0.4 is 0 Å². The molecule has 4 aliphatic carbocycles. The summed E-state index contributed by atoms with van der Waals surface area (Å²) in [5.41, 5.74) is -3.96. The standard InChI is InChI=1S/C63H96O23/c1-31(65)39-20-23-63(72)61(39,7)46(82-47(67)17-16-36-14-12-11-13-15-36)29-45-60(6)21-19-38(24-37(60)18-22-62(45,63)71)80-49-26-41(73-8)56(33(3)77-49)84-48-25-40(66)55(32(2)76-48)83-50-27-42(74-9)57(34(4)78-50)85-51-28-43(75-10)58(35(5)79-51)86-59-54(70)53(69)52(68)44(30-64)81-59/h11-17,32-35,37-46,48-59,64,66,68-72H,18-30H2,1-10H3. The van der Waals surface area contributed by atoms with Gasteiger partial charge in [0, 0.05) is 64.4 Å². The lowest BCUT2D eigenvalue weighted by Crippen LogP contribution is -2.76. The number of benzene rings is 1. The zero-order valence-corrected chi connectivity index (χ0v) is 51.4. The third-order valence-electron chi connectivity index (χ3n) is 21.8. The number of rotatable bonds is 18. The van der Waals surface area contributed by atoms with Crippen LogP contribution in [0.15, 0.2) is 36.4 Å². The highest BCUT2D eigenvalue weighted by Crippen LogP contribution is 2.71. The van der Waals surface area contributed by atoms with E-state index in [4.69, 9.17) is 66.3 Å². The molecule has 5 saturated heterocycles. The Bertz CT molecular complexity index is 2440. The van der Waals surface area contributed by atoms with Gasteiger partial charge >= 0.3 is 5.97 Å². The van der Waals surface area contributed by atoms with Crippen molar-refractivity contribution >= 4 is 17.8 Å². The van der Waals surface area contributed by atoms with E-state index in [1.807, 2.05) is 58.0 Å². The molecule has 486 valence electrons. The highest BCUT2D eigenvalue weighted by molar-refractivity contribution is 5.87. The number of methoxy groups -OCH3 is 3. The van der Waals surface area contributed by atoms with Crippen molar-refractivity contribution in [1.82, 2.24) is 0 Å². The van der Waals surface area contributed by atoms with Crippen LogP contribution in [-0.2, 0) is 75.9 Å². The predicted octanol–water partition coefficient (Wildman–Crippen LogP) is 3.37. The molecule has 23 nitrogen and oxygen atoms in total. The molecular formula is C63H96O23. The first-order valence-electron chi connectivity index (χ1n) is 31.2. The summed E-state index contributed by atoms with van der Waals surface area (Å²) >= 11 is 0. The lowest BCUT2D eigenvalue weighted by atomic mass is 9.40. The summed E-state index contributed by atoms with van der Waals surface area (Å²) in [5.74, 6) is -1.53. The molecule has 1 aromatic rings. The van der Waals surface area contributed by atoms with Gasteiger partial charge in [0.2, 0.25) is 0 Å². The van der Waals surface area contributed by atoms with Crippen LogP contribution in [0.25, 0.3) is 6.08 Å². The zero-order valence-electron chi connectivity index (χ0n) is 51.4. The summed E-state index contributed by atoms with van der Waals surface area (Å²) in [6, 6.07) is 9.44. The lowest BCUT2D eigenvalue weighted by molar-refractivity contribution is -0.358. The molecule has 30 atom stereocenters. The fraction of sp³-hybridized carbons (Fsp3) is 0.841. The second-order valence-corrected chi connectivity index (χ2v) is 26.5. The van der Waals surface area contributed by atoms with Crippen molar-refractivity contribution in [1.29, 1.82) is 0 Å². The molecule has 0 radical (unpaired) electrons. The average Bonchev–Trinajstić information content (AvgIpc) is 1.38. The van der Waals surface area contributed by atoms with Crippen LogP contribution in [0.1, 0.15) is 131 Å². The number of carbonyl (C=O) groups is 2. The first kappa shape index (κ1) is 66.2. The van der Waals surface area contributed by atoms with Gasteiger partial charge in [-0.1, -0.05) is 44.2 Å². The number of esters is 1. The van der Waals surface area contributed by atoms with Gasteiger partial charge in [0.15, 0.2) is 31.5 Å². The van der Waals surface area contributed by atoms with Gasteiger partial charge in [-0.15, -0.1) is 0 Å². The fourth-order valence-corrected chi connectivity index (χ4v) is 17.0. The van der Waals surface area contributed by atoms with Crippen molar-refractivity contribution in [3.05, 3.63) is 42.0 Å². The maximum atomic E-state index is 13.6. The number of hydrogen-bond acceptors (Lipinski definition) is 23. The van der Waals surface area contributed by atoms with Crippen molar-refractivity contribution < 1.29 is 112 Å². The summed E-state index contributed by atoms with van der Waals surface area (Å²) in [6.07, 6.45) is -10.9. The van der Waals surface area contributed by atoms with Crippen molar-refractivity contribution in [3.63, 3.8) is 0 Å². The van der Waals surface area contributed by atoms with Crippen molar-refractivity contribution in [3.8, 4) is 0 Å². The Balaban J connectivity index is 0.704. The molecule has 5 aliphatic heterocycles. The molecule has 7 N–H and O–H groups in total. The second kappa shape index (κ2) is 26.9. The van der Waals surface area contributed by atoms with E-state index in [1.165, 1.54) is 20.1 Å². The number of fused-ring (bicyclic) bond motifs is 5. The first-order valence-corrected chi connectivity index (χ1v) is 31.2. The maximum absolute atomic E-state index is 13.6. The Morgan fingerprint density at radius 3 is 1.70 bits per heavy atom. The summed E-state index contributed by atoms with van der Waals surface area (Å²) in [6.45, 7) is 12.3. The molecule has 0 bridgehead atoms. The number of Topliss-reactive ketones (excluding diaryl/α,β-unsaturated/α-hetero) is 1. The summed E-state index contributed by atoms with van der Waals surface area (Å²) < 4.78 is 87.6. The van der Waals surface area contributed by atoms with Gasteiger partial charge in [-0.2, -0.15) is 0 Å². The third kappa shape index (κ3) is 12.6. The number of carbonyl (C=O) groups excluding carboxylic acids is 2. The molecule has 86 heavy (non-hydrogen) atoms. The molecule has 9 fully saturated rings. The molecule has 23 heteroatoms. The van der Waals surface area contributed by atoms with Gasteiger partial charge in [-0.25, -0.2) is 4.79 Å². The average molecular weight is 1220 g/mol. The van der Waals surface area contributed by atoms with Gasteiger partial charge in [0.25, 0.3) is 0 Å². The Morgan fingerprint density at radius 2 is 1.15 bits per heavy atom. The largest absolute Gasteiger partial charge is 0.458 e. The van der Waals surface area contributed by atoms with Crippen LogP contribution in [0.2, 0.25) is 0 Å². The number of hydrogen-bond donors (Lipinski definition) is 7. The topological polar surface area (TPSA) is 305 Å². The van der Waals surface area contributed by atoms with E-state index in [2.05, 4.69) is 6.92 Å². The maximum Gasteiger partial charge on any atom is 0.331 e. The Hall–Kier alpha value is -2.70. The monoisotopic (exact) mass is 1220 g/mol. The Morgan fingerprint density at radius 1 is 0.616 bits per heavy atom. The SMILES string of the molecule is COC1CC(OC2CCC3(C)C(CCC4(O)C3CC(OC(=O)C=Cc3ccccc3)C3(C)C(C(C)=O)CCC43O)C2)OC(C)C1OC1CC(O)C(OC2CC(OC)C(OC3CC(OC)C(OC4OC(CO)C(O)C(O)C4O)C(C)O3)C(C)O2)C(C)O1.